The van der Waals surface area contributed by atoms with Crippen molar-refractivity contribution in [2.75, 3.05) is 19.0 Å². The van der Waals surface area contributed by atoms with E-state index in [1.165, 1.54) is 4.90 Å². The molecule has 0 aliphatic carbocycles. The van der Waals surface area contributed by atoms with Gasteiger partial charge in [0, 0.05) is 26.0 Å². The minimum Gasteiger partial charge on any atom is -0.480 e. The summed E-state index contributed by atoms with van der Waals surface area (Å²) >= 11 is 0. The molecule has 69 heavy (non-hydrogen) atoms. The van der Waals surface area contributed by atoms with Crippen molar-refractivity contribution in [3.05, 3.63) is 186 Å². The minimum atomic E-state index is -3.39. The molecule has 1 fully saturated rings. The van der Waals surface area contributed by atoms with Gasteiger partial charge in [-0.25, -0.2) is 22.4 Å². The molecule has 2 amide bonds. The molecule has 16 heteroatoms. The van der Waals surface area contributed by atoms with Crippen LogP contribution in [0.5, 0.6) is 0 Å². The first-order valence-corrected chi connectivity index (χ1v) is 26.2. The second-order valence-electron chi connectivity index (χ2n) is 16.7. The lowest BCUT2D eigenvalue weighted by Crippen LogP contribution is -2.54. The Labute approximate surface area is 399 Å². The average Bonchev–Trinajstić information content (AvgIpc) is 3.88. The maximum atomic E-state index is 16.6. The lowest BCUT2D eigenvalue weighted by Gasteiger charge is -2.31. The zero-order valence-corrected chi connectivity index (χ0v) is 39.4. The van der Waals surface area contributed by atoms with Crippen molar-refractivity contribution in [3.63, 3.8) is 0 Å². The van der Waals surface area contributed by atoms with Gasteiger partial charge in [0.1, 0.15) is 23.3 Å². The number of nitrogens with zero attached hydrogens (tertiary/aromatic N) is 2. The van der Waals surface area contributed by atoms with E-state index in [1.54, 1.807) is 60.7 Å². The summed E-state index contributed by atoms with van der Waals surface area (Å²) in [5.74, 6) is -11.6. The molecule has 1 heterocycles. The zero-order chi connectivity index (χ0) is 48.9. The highest BCUT2D eigenvalue weighted by atomic mass is 31.2. The molecule has 7 rings (SSSR count). The monoisotopic (exact) mass is 978 g/mol. The van der Waals surface area contributed by atoms with Crippen LogP contribution in [-0.4, -0.2) is 76.0 Å². The number of unbranched alkanes of at least 4 members (excludes halogenated alkanes) is 1. The van der Waals surface area contributed by atoms with E-state index < -0.39 is 91.4 Å². The molecule has 10 nitrogen and oxygen atoms in total. The van der Waals surface area contributed by atoms with Gasteiger partial charge in [-0.2, -0.15) is 0 Å². The quantitative estimate of drug-likeness (QED) is 0.0244. The molecule has 1 aliphatic heterocycles. The van der Waals surface area contributed by atoms with Gasteiger partial charge in [-0.3, -0.25) is 24.4 Å². The standard InChI is InChI=1S/C53H52F4N4O6P2/c54-45-44(50(62)58-33-17-16-29-41(51(63)61-34-18-30-43(61)53(66)67)59-42(52(64)65)32-31-36-19-6-1-7-20-36)46(55)48(57)49(47(45)56)60-69(39-25-12-4-13-26-39,40-27-14-5-15-28-40)35-68(37-21-8-2-9-22-37)38-23-10-3-11-24-38/h1-15,19-28,41-43,59H,16-18,29-35H2,(H,58,62)(H,64,65)(H,66,67). The number of nitrogens with one attached hydrogen (secondary N) is 2. The van der Waals surface area contributed by atoms with Crippen LogP contribution in [0.2, 0.25) is 0 Å². The predicted octanol–water partition coefficient (Wildman–Crippen LogP) is 8.84. The van der Waals surface area contributed by atoms with Crippen molar-refractivity contribution >= 4 is 65.6 Å². The summed E-state index contributed by atoms with van der Waals surface area (Å²) in [5.41, 5.74) is -1.75. The number of hydrogen-bond donors (Lipinski definition) is 4. The lowest BCUT2D eigenvalue weighted by molar-refractivity contribution is -0.149. The van der Waals surface area contributed by atoms with Gasteiger partial charge >= 0.3 is 11.9 Å². The maximum absolute atomic E-state index is 16.6. The molecule has 0 saturated carbocycles. The van der Waals surface area contributed by atoms with Crippen LogP contribution >= 0.6 is 15.0 Å². The first-order valence-electron chi connectivity index (χ1n) is 22.7. The summed E-state index contributed by atoms with van der Waals surface area (Å²) in [5, 5.41) is 28.3. The number of halogens is 4. The Bertz CT molecular complexity index is 2670. The Hall–Kier alpha value is -6.46. The van der Waals surface area contributed by atoms with Crippen LogP contribution in [0.3, 0.4) is 0 Å². The number of carboxylic acids is 2. The molecule has 1 saturated heterocycles. The van der Waals surface area contributed by atoms with E-state index in [4.69, 9.17) is 4.74 Å². The highest BCUT2D eigenvalue weighted by Crippen LogP contribution is 2.59. The maximum Gasteiger partial charge on any atom is 0.326 e. The number of carbonyl (C=O) groups excluding carboxylic acids is 2. The zero-order valence-electron chi connectivity index (χ0n) is 37.6. The molecule has 3 atom stereocenters. The molecule has 0 bridgehead atoms. The average molecular weight is 979 g/mol. The van der Waals surface area contributed by atoms with E-state index in [-0.39, 0.29) is 51.1 Å². The molecule has 6 aromatic carbocycles. The normalized spacial score (nSPS) is 14.6. The third-order valence-corrected chi connectivity index (χ3v) is 19.6. The van der Waals surface area contributed by atoms with E-state index >= 15 is 17.6 Å². The molecule has 4 N–H and O–H groups in total. The Morgan fingerprint density at radius 3 is 1.68 bits per heavy atom. The Kier molecular flexibility index (Phi) is 17.3. The number of rotatable bonds is 21. The smallest absolute Gasteiger partial charge is 0.326 e. The summed E-state index contributed by atoms with van der Waals surface area (Å²) in [6.45, 7) is -0.0724. The van der Waals surface area contributed by atoms with Gasteiger partial charge in [-0.15, -0.1) is 0 Å². The second-order valence-corrected chi connectivity index (χ2v) is 22.5. The summed E-state index contributed by atoms with van der Waals surface area (Å²) in [6.07, 6.45) is 1.47. The first kappa shape index (κ1) is 50.4. The van der Waals surface area contributed by atoms with E-state index in [1.807, 2.05) is 91.0 Å². The van der Waals surface area contributed by atoms with Crippen LogP contribution < -0.4 is 31.9 Å². The van der Waals surface area contributed by atoms with E-state index in [2.05, 4.69) is 10.6 Å². The fraction of sp³-hybridized carbons (Fsp3) is 0.245. The Morgan fingerprint density at radius 1 is 0.667 bits per heavy atom. The van der Waals surface area contributed by atoms with Crippen LogP contribution in [0.4, 0.5) is 23.2 Å². The SMILES string of the molecule is O=C(NCCCCC(NC(CCc1ccccc1)C(=O)O)C(=O)N1CCCC1C(=O)O)c1c(F)c(F)c(N=P(CP(c2ccccc2)c2ccccc2)(c2ccccc2)c2ccccc2)c(F)c1F. The number of aryl methyl sites for hydroxylation is 1. The highest BCUT2D eigenvalue weighted by molar-refractivity contribution is 7.92. The third-order valence-electron chi connectivity index (χ3n) is 12.2. The van der Waals surface area contributed by atoms with Crippen molar-refractivity contribution in [2.45, 2.75) is 63.1 Å². The van der Waals surface area contributed by atoms with Gasteiger partial charge < -0.3 is 20.4 Å². The molecule has 0 aromatic heterocycles. The fourth-order valence-electron chi connectivity index (χ4n) is 8.63. The van der Waals surface area contributed by atoms with E-state index in [9.17, 15) is 29.4 Å². The molecular formula is C53H52F4N4O6P2. The van der Waals surface area contributed by atoms with Crippen molar-refractivity contribution < 1.29 is 47.0 Å². The van der Waals surface area contributed by atoms with Crippen molar-refractivity contribution in [1.29, 1.82) is 0 Å². The largest absolute Gasteiger partial charge is 0.480 e. The minimum absolute atomic E-state index is 0.0132. The number of benzene rings is 6. The van der Waals surface area contributed by atoms with Gasteiger partial charge in [-0.1, -0.05) is 152 Å². The number of likely N-dealkylation sites (tertiary alicyclic amines) is 1. The number of amides is 2. The Balaban J connectivity index is 1.15. The number of carboxylic acid groups (broad SMARTS) is 2. The van der Waals surface area contributed by atoms with Crippen molar-refractivity contribution in [1.82, 2.24) is 15.5 Å². The van der Waals surface area contributed by atoms with Gasteiger partial charge in [-0.05, 0) is 79.6 Å². The predicted molar refractivity (Wildman–Crippen MR) is 263 cm³/mol. The van der Waals surface area contributed by atoms with E-state index in [0.29, 0.717) is 23.5 Å². The summed E-state index contributed by atoms with van der Waals surface area (Å²) < 4.78 is 70.5. The van der Waals surface area contributed by atoms with Crippen molar-refractivity contribution in [2.24, 2.45) is 4.74 Å². The fourth-order valence-corrected chi connectivity index (χ4v) is 16.9. The molecule has 0 spiro atoms. The van der Waals surface area contributed by atoms with Gasteiger partial charge in [0.05, 0.1) is 6.04 Å². The summed E-state index contributed by atoms with van der Waals surface area (Å²) in [4.78, 5) is 52.8. The second kappa shape index (κ2) is 23.7. The number of aliphatic carboxylic acids is 2. The third kappa shape index (κ3) is 12.1. The molecular weight excluding hydrogens is 927 g/mol. The topological polar surface area (TPSA) is 148 Å². The molecule has 3 unspecified atom stereocenters. The first-order chi connectivity index (χ1) is 33.4. The van der Waals surface area contributed by atoms with Gasteiger partial charge in [0.2, 0.25) is 5.91 Å². The van der Waals surface area contributed by atoms with Gasteiger partial charge in [0.15, 0.2) is 23.3 Å². The van der Waals surface area contributed by atoms with E-state index in [0.717, 1.165) is 16.2 Å². The molecule has 1 aliphatic rings. The Morgan fingerprint density at radius 2 is 1.17 bits per heavy atom. The summed E-state index contributed by atoms with van der Waals surface area (Å²) in [7, 11) is -4.68. The number of carbonyl (C=O) groups is 4. The van der Waals surface area contributed by atoms with Gasteiger partial charge in [0.25, 0.3) is 5.91 Å². The lowest BCUT2D eigenvalue weighted by atomic mass is 10.0. The molecule has 0 radical (unpaired) electrons. The molecule has 358 valence electrons. The highest BCUT2D eigenvalue weighted by Gasteiger charge is 2.39. The summed E-state index contributed by atoms with van der Waals surface area (Å²) in [6, 6.07) is 42.9. The van der Waals surface area contributed by atoms with Crippen LogP contribution in [-0.2, 0) is 20.8 Å². The van der Waals surface area contributed by atoms with Crippen LogP contribution in [0.1, 0.15) is 54.4 Å². The van der Waals surface area contributed by atoms with Crippen LogP contribution in [0.25, 0.3) is 0 Å². The van der Waals surface area contributed by atoms with Crippen molar-refractivity contribution in [3.8, 4) is 0 Å². The molecule has 6 aromatic rings. The van der Waals surface area contributed by atoms with Crippen LogP contribution in [0, 0.1) is 23.3 Å². The van der Waals surface area contributed by atoms with Crippen LogP contribution in [0.15, 0.2) is 156 Å². The number of hydrogen-bond acceptors (Lipinski definition) is 6.